The number of rotatable bonds is 4. The number of hydrogen-bond acceptors (Lipinski definition) is 5. The molecule has 1 aliphatic heterocycles. The maximum Gasteiger partial charge on any atom is 0.231 e. The van der Waals surface area contributed by atoms with E-state index in [1.54, 1.807) is 24.3 Å². The van der Waals surface area contributed by atoms with E-state index in [1.165, 1.54) is 24.3 Å². The van der Waals surface area contributed by atoms with Crippen LogP contribution in [-0.4, -0.2) is 26.7 Å². The number of Topliss-reactive ketones (excluding diaryl/α,β-unsaturated/α-hetero) is 1. The van der Waals surface area contributed by atoms with Crippen LogP contribution in [0.15, 0.2) is 53.4 Å². The molecule has 0 spiro atoms. The maximum absolute atomic E-state index is 12.2. The number of benzene rings is 2. The molecule has 21 heavy (non-hydrogen) atoms. The van der Waals surface area contributed by atoms with Crippen LogP contribution >= 0.6 is 0 Å². The molecule has 0 radical (unpaired) electrons. The highest BCUT2D eigenvalue weighted by Gasteiger charge is 2.22. The minimum Gasteiger partial charge on any atom is -0.454 e. The third-order valence-corrected chi connectivity index (χ3v) is 4.75. The summed E-state index contributed by atoms with van der Waals surface area (Å²) in [4.78, 5) is 12.3. The van der Waals surface area contributed by atoms with E-state index in [4.69, 9.17) is 9.47 Å². The van der Waals surface area contributed by atoms with Gasteiger partial charge < -0.3 is 9.47 Å². The van der Waals surface area contributed by atoms with E-state index in [-0.39, 0.29) is 11.7 Å². The van der Waals surface area contributed by atoms with Gasteiger partial charge in [-0.15, -0.1) is 0 Å². The first-order valence-electron chi connectivity index (χ1n) is 6.27. The highest BCUT2D eigenvalue weighted by Crippen LogP contribution is 2.32. The van der Waals surface area contributed by atoms with Gasteiger partial charge in [0.15, 0.2) is 27.1 Å². The average Bonchev–Trinajstić information content (AvgIpc) is 2.95. The lowest BCUT2D eigenvalue weighted by molar-refractivity contribution is 0.102. The number of fused-ring (bicyclic) bond motifs is 1. The van der Waals surface area contributed by atoms with Crippen molar-refractivity contribution in [1.82, 2.24) is 0 Å². The largest absolute Gasteiger partial charge is 0.454 e. The van der Waals surface area contributed by atoms with Crippen LogP contribution in [-0.2, 0) is 9.84 Å². The fraction of sp³-hybridized carbons (Fsp3) is 0.133. The number of sulfone groups is 1. The van der Waals surface area contributed by atoms with Crippen molar-refractivity contribution in [2.24, 2.45) is 0 Å². The van der Waals surface area contributed by atoms with Crippen LogP contribution in [0.5, 0.6) is 11.5 Å². The van der Waals surface area contributed by atoms with Gasteiger partial charge in [-0.1, -0.05) is 18.2 Å². The molecule has 0 amide bonds. The molecule has 3 rings (SSSR count). The molecule has 0 fully saturated rings. The summed E-state index contributed by atoms with van der Waals surface area (Å²) >= 11 is 0. The van der Waals surface area contributed by atoms with Crippen molar-refractivity contribution >= 4 is 15.6 Å². The lowest BCUT2D eigenvalue weighted by Gasteiger charge is -2.05. The second kappa shape index (κ2) is 5.21. The van der Waals surface area contributed by atoms with Gasteiger partial charge in [0.05, 0.1) is 4.90 Å². The number of ketones is 1. The summed E-state index contributed by atoms with van der Waals surface area (Å²) < 4.78 is 34.7. The van der Waals surface area contributed by atoms with Gasteiger partial charge in [-0.05, 0) is 30.3 Å². The number of carbonyl (C=O) groups is 1. The van der Waals surface area contributed by atoms with E-state index < -0.39 is 21.4 Å². The average molecular weight is 304 g/mol. The van der Waals surface area contributed by atoms with Gasteiger partial charge in [-0.3, -0.25) is 4.79 Å². The van der Waals surface area contributed by atoms with Gasteiger partial charge in [-0.25, -0.2) is 8.42 Å². The molecule has 0 aromatic heterocycles. The monoisotopic (exact) mass is 304 g/mol. The zero-order valence-corrected chi connectivity index (χ0v) is 11.8. The highest BCUT2D eigenvalue weighted by atomic mass is 32.2. The lowest BCUT2D eigenvalue weighted by atomic mass is 10.1. The Morgan fingerprint density at radius 1 is 1.00 bits per heavy atom. The Kier molecular flexibility index (Phi) is 3.39. The zero-order chi connectivity index (χ0) is 14.9. The molecule has 1 heterocycles. The standard InChI is InChI=1S/C15H12O5S/c16-13(9-21(17,18)12-4-2-1-3-5-12)11-6-7-14-15(8-11)20-10-19-14/h1-8H,9-10H2. The molecule has 2 aromatic carbocycles. The molecule has 0 atom stereocenters. The summed E-state index contributed by atoms with van der Waals surface area (Å²) in [6.45, 7) is 0.106. The smallest absolute Gasteiger partial charge is 0.231 e. The summed E-state index contributed by atoms with van der Waals surface area (Å²) in [6, 6.07) is 12.6. The molecular formula is C15H12O5S. The van der Waals surface area contributed by atoms with Crippen molar-refractivity contribution in [3.8, 4) is 11.5 Å². The maximum atomic E-state index is 12.2. The second-order valence-electron chi connectivity index (χ2n) is 4.56. The van der Waals surface area contributed by atoms with E-state index >= 15 is 0 Å². The molecule has 1 aliphatic rings. The first-order valence-corrected chi connectivity index (χ1v) is 7.92. The van der Waals surface area contributed by atoms with Crippen LogP contribution in [0.4, 0.5) is 0 Å². The summed E-state index contributed by atoms with van der Waals surface area (Å²) in [6.07, 6.45) is 0. The van der Waals surface area contributed by atoms with Crippen LogP contribution in [0.2, 0.25) is 0 Å². The van der Waals surface area contributed by atoms with Gasteiger partial charge >= 0.3 is 0 Å². The molecular weight excluding hydrogens is 292 g/mol. The molecule has 0 aliphatic carbocycles. The summed E-state index contributed by atoms with van der Waals surface area (Å²) in [5.74, 6) is -0.0380. The summed E-state index contributed by atoms with van der Waals surface area (Å²) in [7, 11) is -3.64. The van der Waals surface area contributed by atoms with Gasteiger partial charge in [0.1, 0.15) is 5.75 Å². The molecule has 5 nitrogen and oxygen atoms in total. The second-order valence-corrected chi connectivity index (χ2v) is 6.55. The Morgan fingerprint density at radius 2 is 1.71 bits per heavy atom. The molecule has 0 bridgehead atoms. The highest BCUT2D eigenvalue weighted by molar-refractivity contribution is 7.92. The summed E-state index contributed by atoms with van der Waals surface area (Å²) in [5.41, 5.74) is 0.291. The van der Waals surface area contributed by atoms with Gasteiger partial charge in [-0.2, -0.15) is 0 Å². The van der Waals surface area contributed by atoms with E-state index in [0.717, 1.165) is 0 Å². The van der Waals surface area contributed by atoms with Crippen molar-refractivity contribution in [1.29, 1.82) is 0 Å². The van der Waals surface area contributed by atoms with Crippen molar-refractivity contribution in [3.63, 3.8) is 0 Å². The first kappa shape index (κ1) is 13.6. The predicted octanol–water partition coefficient (Wildman–Crippen LogP) is 2.07. The van der Waals surface area contributed by atoms with E-state index in [0.29, 0.717) is 17.1 Å². The molecule has 2 aromatic rings. The molecule has 0 unspecified atom stereocenters. The quantitative estimate of drug-likeness (QED) is 0.809. The first-order chi connectivity index (χ1) is 10.1. The predicted molar refractivity (Wildman–Crippen MR) is 75.4 cm³/mol. The minimum atomic E-state index is -3.64. The molecule has 0 saturated carbocycles. The third-order valence-electron chi connectivity index (χ3n) is 3.12. The van der Waals surface area contributed by atoms with Gasteiger partial charge in [0, 0.05) is 5.56 Å². The number of hydrogen-bond donors (Lipinski definition) is 0. The topological polar surface area (TPSA) is 69.7 Å². The van der Waals surface area contributed by atoms with Crippen LogP contribution in [0.1, 0.15) is 10.4 Å². The molecule has 0 N–H and O–H groups in total. The van der Waals surface area contributed by atoms with E-state index in [2.05, 4.69) is 0 Å². The van der Waals surface area contributed by atoms with Gasteiger partial charge in [0.25, 0.3) is 0 Å². The Labute approximate surface area is 122 Å². The van der Waals surface area contributed by atoms with Crippen LogP contribution in [0, 0.1) is 0 Å². The van der Waals surface area contributed by atoms with E-state index in [1.807, 2.05) is 0 Å². The Bertz CT molecular complexity index is 781. The lowest BCUT2D eigenvalue weighted by Crippen LogP contribution is -2.16. The number of carbonyl (C=O) groups excluding carboxylic acids is 1. The van der Waals surface area contributed by atoms with Crippen molar-refractivity contribution < 1.29 is 22.7 Å². The Morgan fingerprint density at radius 3 is 2.48 bits per heavy atom. The molecule has 108 valence electrons. The SMILES string of the molecule is O=C(CS(=O)(=O)c1ccccc1)c1ccc2c(c1)OCO2. The summed E-state index contributed by atoms with van der Waals surface area (Å²) in [5, 5.41) is 0. The number of ether oxygens (including phenoxy) is 2. The normalized spacial score (nSPS) is 13.1. The van der Waals surface area contributed by atoms with Crippen LogP contribution in [0.25, 0.3) is 0 Å². The van der Waals surface area contributed by atoms with Crippen molar-refractivity contribution in [2.45, 2.75) is 4.90 Å². The Hall–Kier alpha value is -2.34. The van der Waals surface area contributed by atoms with Gasteiger partial charge in [0.2, 0.25) is 6.79 Å². The third kappa shape index (κ3) is 2.75. The van der Waals surface area contributed by atoms with Crippen molar-refractivity contribution in [3.05, 3.63) is 54.1 Å². The molecule has 0 saturated heterocycles. The van der Waals surface area contributed by atoms with Crippen LogP contribution < -0.4 is 9.47 Å². The van der Waals surface area contributed by atoms with E-state index in [9.17, 15) is 13.2 Å². The minimum absolute atomic E-state index is 0.106. The van der Waals surface area contributed by atoms with Crippen LogP contribution in [0.3, 0.4) is 0 Å². The fourth-order valence-corrected chi connectivity index (χ4v) is 3.29. The Balaban J connectivity index is 1.84. The van der Waals surface area contributed by atoms with Crippen molar-refractivity contribution in [2.75, 3.05) is 12.5 Å². The molecule has 6 heteroatoms. The zero-order valence-electron chi connectivity index (χ0n) is 11.0. The fourth-order valence-electron chi connectivity index (χ4n) is 2.04.